The number of hydrogen-bond donors (Lipinski definition) is 2. The molecule has 5 nitrogen and oxygen atoms in total. The summed E-state index contributed by atoms with van der Waals surface area (Å²) in [6, 6.07) is 3.63. The highest BCUT2D eigenvalue weighted by molar-refractivity contribution is 5.89. The topological polar surface area (TPSA) is 65.5 Å². The lowest BCUT2D eigenvalue weighted by molar-refractivity contribution is 0.185. The van der Waals surface area contributed by atoms with Gasteiger partial charge in [0.2, 0.25) is 0 Å². The molecule has 1 fully saturated rings. The van der Waals surface area contributed by atoms with Crippen molar-refractivity contribution in [2.45, 2.75) is 18.9 Å². The number of hydrogen-bond acceptors (Lipinski definition) is 3. The van der Waals surface area contributed by atoms with Crippen molar-refractivity contribution in [2.75, 3.05) is 18.5 Å². The van der Waals surface area contributed by atoms with Crippen LogP contribution in [0, 0.1) is 0 Å². The van der Waals surface area contributed by atoms with Gasteiger partial charge in [-0.2, -0.15) is 0 Å². The van der Waals surface area contributed by atoms with Gasteiger partial charge < -0.3 is 15.3 Å². The van der Waals surface area contributed by atoms with E-state index in [2.05, 4.69) is 10.3 Å². The third-order valence-corrected chi connectivity index (χ3v) is 2.52. The maximum atomic E-state index is 11.9. The predicted molar refractivity (Wildman–Crippen MR) is 60.1 cm³/mol. The second-order valence-electron chi connectivity index (χ2n) is 3.81. The summed E-state index contributed by atoms with van der Waals surface area (Å²) in [5, 5.41) is 11.7. The molecule has 2 rings (SSSR count). The smallest absolute Gasteiger partial charge is 0.322 e. The van der Waals surface area contributed by atoms with Gasteiger partial charge in [-0.3, -0.25) is 4.98 Å². The molecule has 0 bridgehead atoms. The molecule has 0 atom stereocenters. The van der Waals surface area contributed by atoms with E-state index < -0.39 is 0 Å². The number of anilines is 1. The van der Waals surface area contributed by atoms with Gasteiger partial charge in [0.1, 0.15) is 0 Å². The molecule has 0 spiro atoms. The molecule has 2 amide bonds. The second kappa shape index (κ2) is 4.94. The summed E-state index contributed by atoms with van der Waals surface area (Å²) in [6.45, 7) is 0.391. The molecule has 5 heteroatoms. The number of carbonyl (C=O) groups excluding carboxylic acids is 1. The summed E-state index contributed by atoms with van der Waals surface area (Å²) in [5.41, 5.74) is 0.726. The highest BCUT2D eigenvalue weighted by Gasteiger charge is 2.32. The maximum Gasteiger partial charge on any atom is 0.322 e. The molecular formula is C11H15N3O2. The fourth-order valence-corrected chi connectivity index (χ4v) is 1.57. The van der Waals surface area contributed by atoms with Gasteiger partial charge in [-0.05, 0) is 25.0 Å². The second-order valence-corrected chi connectivity index (χ2v) is 3.81. The minimum Gasteiger partial charge on any atom is -0.395 e. The normalized spacial score (nSPS) is 14.6. The van der Waals surface area contributed by atoms with E-state index in [1.54, 1.807) is 29.4 Å². The Balaban J connectivity index is 1.95. The maximum absolute atomic E-state index is 11.9. The fourth-order valence-electron chi connectivity index (χ4n) is 1.57. The highest BCUT2D eigenvalue weighted by Crippen LogP contribution is 2.27. The summed E-state index contributed by atoms with van der Waals surface area (Å²) in [6.07, 6.45) is 5.32. The molecule has 1 aromatic rings. The number of aromatic nitrogens is 1. The van der Waals surface area contributed by atoms with E-state index in [-0.39, 0.29) is 12.6 Å². The third kappa shape index (κ3) is 2.70. The zero-order valence-corrected chi connectivity index (χ0v) is 8.97. The molecule has 2 N–H and O–H groups in total. The number of nitrogens with zero attached hydrogens (tertiary/aromatic N) is 2. The van der Waals surface area contributed by atoms with Crippen LogP contribution in [0.15, 0.2) is 24.5 Å². The molecule has 0 saturated heterocycles. The van der Waals surface area contributed by atoms with E-state index in [1.807, 2.05) is 0 Å². The van der Waals surface area contributed by atoms with Crippen molar-refractivity contribution in [1.29, 1.82) is 0 Å². The Morgan fingerprint density at radius 1 is 1.50 bits per heavy atom. The summed E-state index contributed by atoms with van der Waals surface area (Å²) < 4.78 is 0. The van der Waals surface area contributed by atoms with Gasteiger partial charge in [0.05, 0.1) is 6.61 Å². The van der Waals surface area contributed by atoms with Crippen LogP contribution in [0.4, 0.5) is 10.5 Å². The Hall–Kier alpha value is -1.62. The monoisotopic (exact) mass is 221 g/mol. The number of carbonyl (C=O) groups is 1. The minimum atomic E-state index is -0.150. The van der Waals surface area contributed by atoms with Crippen molar-refractivity contribution in [2.24, 2.45) is 0 Å². The van der Waals surface area contributed by atoms with Crippen LogP contribution in [0.25, 0.3) is 0 Å². The van der Waals surface area contributed by atoms with Crippen molar-refractivity contribution >= 4 is 11.7 Å². The van der Waals surface area contributed by atoms with E-state index in [0.29, 0.717) is 12.6 Å². The molecule has 86 valence electrons. The van der Waals surface area contributed by atoms with E-state index in [4.69, 9.17) is 5.11 Å². The number of nitrogens with one attached hydrogen (secondary N) is 1. The largest absolute Gasteiger partial charge is 0.395 e. The van der Waals surface area contributed by atoms with E-state index in [1.165, 1.54) is 0 Å². The number of aliphatic hydroxyl groups excluding tert-OH is 1. The lowest BCUT2D eigenvalue weighted by atomic mass is 10.4. The first-order valence-electron chi connectivity index (χ1n) is 5.40. The molecule has 1 aromatic heterocycles. The lowest BCUT2D eigenvalue weighted by Crippen LogP contribution is -2.38. The number of rotatable bonds is 4. The van der Waals surface area contributed by atoms with Crippen molar-refractivity contribution in [3.63, 3.8) is 0 Å². The first-order chi connectivity index (χ1) is 7.81. The number of amides is 2. The SMILES string of the molecule is O=C(Nc1ccncc1)N(CCO)C1CC1. The number of urea groups is 1. The lowest BCUT2D eigenvalue weighted by Gasteiger charge is -2.21. The molecule has 1 saturated carbocycles. The van der Waals surface area contributed by atoms with Crippen molar-refractivity contribution in [1.82, 2.24) is 9.88 Å². The number of pyridine rings is 1. The Labute approximate surface area is 94.1 Å². The predicted octanol–water partition coefficient (Wildman–Crippen LogP) is 1.07. The summed E-state index contributed by atoms with van der Waals surface area (Å²) in [4.78, 5) is 17.4. The molecule has 1 aliphatic carbocycles. The molecule has 1 heterocycles. The quantitative estimate of drug-likeness (QED) is 0.799. The molecule has 0 unspecified atom stereocenters. The zero-order valence-electron chi connectivity index (χ0n) is 8.97. The minimum absolute atomic E-state index is 0.000263. The average Bonchev–Trinajstić information content (AvgIpc) is 3.11. The van der Waals surface area contributed by atoms with Gasteiger partial charge in [0.15, 0.2) is 0 Å². The standard InChI is InChI=1S/C11H15N3O2/c15-8-7-14(10-1-2-10)11(16)13-9-3-5-12-6-4-9/h3-6,10,15H,1-2,7-8H2,(H,12,13,16). The Kier molecular flexibility index (Phi) is 3.36. The van der Waals surface area contributed by atoms with Gasteiger partial charge >= 0.3 is 6.03 Å². The van der Waals surface area contributed by atoms with Gasteiger partial charge in [-0.1, -0.05) is 0 Å². The average molecular weight is 221 g/mol. The fraction of sp³-hybridized carbons (Fsp3) is 0.455. The van der Waals surface area contributed by atoms with E-state index in [9.17, 15) is 4.79 Å². The van der Waals surface area contributed by atoms with Gasteiger partial charge in [0.25, 0.3) is 0 Å². The Morgan fingerprint density at radius 2 is 2.19 bits per heavy atom. The van der Waals surface area contributed by atoms with Crippen LogP contribution in [-0.2, 0) is 0 Å². The van der Waals surface area contributed by atoms with Crippen molar-refractivity contribution in [3.05, 3.63) is 24.5 Å². The molecule has 1 aliphatic rings. The van der Waals surface area contributed by atoms with Crippen LogP contribution in [0.3, 0.4) is 0 Å². The Bertz CT molecular complexity index is 352. The molecule has 0 radical (unpaired) electrons. The van der Waals surface area contributed by atoms with Crippen LogP contribution in [0.5, 0.6) is 0 Å². The van der Waals surface area contributed by atoms with E-state index in [0.717, 1.165) is 18.5 Å². The van der Waals surface area contributed by atoms with Gasteiger partial charge in [-0.15, -0.1) is 0 Å². The van der Waals surface area contributed by atoms with Crippen LogP contribution in [-0.4, -0.2) is 40.2 Å². The summed E-state index contributed by atoms with van der Waals surface area (Å²) in [7, 11) is 0. The Morgan fingerprint density at radius 3 is 2.75 bits per heavy atom. The van der Waals surface area contributed by atoms with Gasteiger partial charge in [-0.25, -0.2) is 4.79 Å². The highest BCUT2D eigenvalue weighted by atomic mass is 16.3. The molecule has 16 heavy (non-hydrogen) atoms. The molecule has 0 aromatic carbocycles. The zero-order chi connectivity index (χ0) is 11.4. The number of aliphatic hydroxyl groups is 1. The van der Waals surface area contributed by atoms with Crippen molar-refractivity contribution < 1.29 is 9.90 Å². The summed E-state index contributed by atoms with van der Waals surface area (Å²) in [5.74, 6) is 0. The first kappa shape index (κ1) is 10.9. The van der Waals surface area contributed by atoms with Crippen LogP contribution in [0.1, 0.15) is 12.8 Å². The summed E-state index contributed by atoms with van der Waals surface area (Å²) >= 11 is 0. The third-order valence-electron chi connectivity index (χ3n) is 2.52. The van der Waals surface area contributed by atoms with Crippen LogP contribution >= 0.6 is 0 Å². The van der Waals surface area contributed by atoms with Crippen molar-refractivity contribution in [3.8, 4) is 0 Å². The molecular weight excluding hydrogens is 206 g/mol. The van der Waals surface area contributed by atoms with Crippen LogP contribution in [0.2, 0.25) is 0 Å². The van der Waals surface area contributed by atoms with Gasteiger partial charge in [0, 0.05) is 30.7 Å². The van der Waals surface area contributed by atoms with Crippen LogP contribution < -0.4 is 5.32 Å². The molecule has 0 aliphatic heterocycles. The van der Waals surface area contributed by atoms with E-state index >= 15 is 0 Å². The first-order valence-corrected chi connectivity index (χ1v) is 5.40.